The molecule has 180 valence electrons. The summed E-state index contributed by atoms with van der Waals surface area (Å²) in [7, 11) is -3.42. The van der Waals surface area contributed by atoms with Crippen molar-refractivity contribution in [2.45, 2.75) is 53.0 Å². The zero-order valence-corrected chi connectivity index (χ0v) is 21.1. The van der Waals surface area contributed by atoms with Gasteiger partial charge in [0.2, 0.25) is 15.9 Å². The summed E-state index contributed by atoms with van der Waals surface area (Å²) < 4.78 is 26.0. The van der Waals surface area contributed by atoms with E-state index in [9.17, 15) is 13.2 Å². The van der Waals surface area contributed by atoms with E-state index in [1.807, 2.05) is 32.0 Å². The number of sulfonamides is 1. The lowest BCUT2D eigenvalue weighted by molar-refractivity contribution is -0.121. The van der Waals surface area contributed by atoms with Gasteiger partial charge < -0.3 is 10.2 Å². The standard InChI is InChI=1S/C26H37N3O3S/c1-20-7-5-13-28(19-20)24-11-9-23(10-12-24)18-27-26(30)8-6-14-29(33(4,31)32)25-16-21(2)15-22(3)17-25/h9-12,15-17,20H,5-8,13-14,18-19H2,1-4H3,(H,27,30). The first kappa shape index (κ1) is 25.1. The largest absolute Gasteiger partial charge is 0.371 e. The van der Waals surface area contributed by atoms with Crippen LogP contribution in [0.15, 0.2) is 42.5 Å². The molecule has 2 aromatic carbocycles. The van der Waals surface area contributed by atoms with E-state index in [4.69, 9.17) is 0 Å². The molecule has 1 N–H and O–H groups in total. The molecule has 2 aromatic rings. The van der Waals surface area contributed by atoms with E-state index in [0.29, 0.717) is 18.7 Å². The molecule has 1 saturated heterocycles. The van der Waals surface area contributed by atoms with Crippen molar-refractivity contribution in [3.63, 3.8) is 0 Å². The van der Waals surface area contributed by atoms with Gasteiger partial charge in [-0.1, -0.05) is 25.1 Å². The summed E-state index contributed by atoms with van der Waals surface area (Å²) in [5, 5.41) is 2.95. The Morgan fingerprint density at radius 1 is 1.12 bits per heavy atom. The molecule has 1 aliphatic heterocycles. The van der Waals surface area contributed by atoms with Crippen molar-refractivity contribution in [2.24, 2.45) is 5.92 Å². The maximum Gasteiger partial charge on any atom is 0.232 e. The minimum Gasteiger partial charge on any atom is -0.371 e. The van der Waals surface area contributed by atoms with Crippen LogP contribution in [0, 0.1) is 19.8 Å². The summed E-state index contributed by atoms with van der Waals surface area (Å²) in [5.41, 5.74) is 4.97. The fraction of sp³-hybridized carbons (Fsp3) is 0.500. The van der Waals surface area contributed by atoms with Crippen LogP contribution < -0.4 is 14.5 Å². The van der Waals surface area contributed by atoms with Gasteiger partial charge in [0.1, 0.15) is 0 Å². The highest BCUT2D eigenvalue weighted by Gasteiger charge is 2.19. The first-order valence-electron chi connectivity index (χ1n) is 11.8. The van der Waals surface area contributed by atoms with Gasteiger partial charge in [-0.15, -0.1) is 0 Å². The van der Waals surface area contributed by atoms with Crippen molar-refractivity contribution in [3.05, 3.63) is 59.2 Å². The fourth-order valence-corrected chi connectivity index (χ4v) is 5.45. The topological polar surface area (TPSA) is 69.7 Å². The third-order valence-electron chi connectivity index (χ3n) is 6.11. The van der Waals surface area contributed by atoms with Crippen LogP contribution in [0.4, 0.5) is 11.4 Å². The fourth-order valence-electron chi connectivity index (χ4n) is 4.50. The summed E-state index contributed by atoms with van der Waals surface area (Å²) in [6.45, 7) is 9.15. The Labute approximate surface area is 199 Å². The Morgan fingerprint density at radius 3 is 2.39 bits per heavy atom. The van der Waals surface area contributed by atoms with Crippen LogP contribution in [0.1, 0.15) is 49.3 Å². The number of benzene rings is 2. The second kappa shape index (κ2) is 11.1. The molecule has 1 amide bonds. The SMILES string of the molecule is Cc1cc(C)cc(N(CCCC(=O)NCc2ccc(N3CCCC(C)C3)cc2)S(C)(=O)=O)c1. The van der Waals surface area contributed by atoms with E-state index < -0.39 is 10.0 Å². The first-order chi connectivity index (χ1) is 15.6. The Morgan fingerprint density at radius 2 is 1.79 bits per heavy atom. The molecular formula is C26H37N3O3S. The molecule has 0 spiro atoms. The lowest BCUT2D eigenvalue weighted by Gasteiger charge is -2.32. The minimum absolute atomic E-state index is 0.0715. The van der Waals surface area contributed by atoms with Crippen molar-refractivity contribution in [1.82, 2.24) is 5.32 Å². The summed E-state index contributed by atoms with van der Waals surface area (Å²) in [6, 6.07) is 14.1. The lowest BCUT2D eigenvalue weighted by Crippen LogP contribution is -2.34. The molecule has 0 radical (unpaired) electrons. The smallest absolute Gasteiger partial charge is 0.232 e. The van der Waals surface area contributed by atoms with Gasteiger partial charge in [-0.05, 0) is 80.0 Å². The molecule has 1 aliphatic rings. The molecule has 0 saturated carbocycles. The van der Waals surface area contributed by atoms with E-state index in [1.165, 1.54) is 29.1 Å². The number of hydrogen-bond acceptors (Lipinski definition) is 4. The Kier molecular flexibility index (Phi) is 8.40. The summed E-state index contributed by atoms with van der Waals surface area (Å²) in [5.74, 6) is 0.657. The average molecular weight is 472 g/mol. The lowest BCUT2D eigenvalue weighted by atomic mass is 9.99. The number of nitrogens with one attached hydrogen (secondary N) is 1. The van der Waals surface area contributed by atoms with E-state index in [2.05, 4.69) is 41.4 Å². The van der Waals surface area contributed by atoms with Crippen molar-refractivity contribution >= 4 is 27.3 Å². The average Bonchev–Trinajstić information content (AvgIpc) is 2.74. The first-order valence-corrected chi connectivity index (χ1v) is 13.6. The highest BCUT2D eigenvalue weighted by molar-refractivity contribution is 7.92. The van der Waals surface area contributed by atoms with Crippen LogP contribution >= 0.6 is 0 Å². The highest BCUT2D eigenvalue weighted by Crippen LogP contribution is 2.24. The van der Waals surface area contributed by atoms with Crippen molar-refractivity contribution in [3.8, 4) is 0 Å². The second-order valence-corrected chi connectivity index (χ2v) is 11.3. The quantitative estimate of drug-likeness (QED) is 0.588. The van der Waals surface area contributed by atoms with E-state index in [-0.39, 0.29) is 18.9 Å². The van der Waals surface area contributed by atoms with Crippen LogP contribution in [0.25, 0.3) is 0 Å². The number of carbonyl (C=O) groups is 1. The molecule has 1 heterocycles. The van der Waals surface area contributed by atoms with Crippen LogP contribution in [-0.2, 0) is 21.4 Å². The Hall–Kier alpha value is -2.54. The second-order valence-electron chi connectivity index (χ2n) is 9.42. The van der Waals surface area contributed by atoms with Crippen molar-refractivity contribution in [2.75, 3.05) is 35.1 Å². The van der Waals surface area contributed by atoms with E-state index in [1.54, 1.807) is 0 Å². The maximum atomic E-state index is 12.4. The number of amides is 1. The molecular weight excluding hydrogens is 434 g/mol. The van der Waals surface area contributed by atoms with Gasteiger partial charge >= 0.3 is 0 Å². The van der Waals surface area contributed by atoms with Crippen LogP contribution in [0.2, 0.25) is 0 Å². The number of piperidine rings is 1. The maximum absolute atomic E-state index is 12.4. The molecule has 1 atom stereocenters. The van der Waals surface area contributed by atoms with Gasteiger partial charge in [-0.2, -0.15) is 0 Å². The van der Waals surface area contributed by atoms with E-state index >= 15 is 0 Å². The van der Waals surface area contributed by atoms with E-state index in [0.717, 1.165) is 35.7 Å². The predicted molar refractivity (Wildman–Crippen MR) is 136 cm³/mol. The number of anilines is 2. The molecule has 6 nitrogen and oxygen atoms in total. The molecule has 1 unspecified atom stereocenters. The van der Waals surface area contributed by atoms with Gasteiger partial charge in [0, 0.05) is 38.3 Å². The number of aryl methyl sites for hydroxylation is 2. The predicted octanol–water partition coefficient (Wildman–Crippen LogP) is 4.40. The monoisotopic (exact) mass is 471 g/mol. The Bertz CT molecular complexity index is 1030. The summed E-state index contributed by atoms with van der Waals surface area (Å²) >= 11 is 0. The molecule has 3 rings (SSSR count). The van der Waals surface area contributed by atoms with Gasteiger partial charge in [-0.25, -0.2) is 8.42 Å². The Balaban J connectivity index is 1.48. The molecule has 7 heteroatoms. The van der Waals surface area contributed by atoms with Crippen molar-refractivity contribution < 1.29 is 13.2 Å². The minimum atomic E-state index is -3.42. The van der Waals surface area contributed by atoms with Gasteiger partial charge in [0.05, 0.1) is 11.9 Å². The molecule has 1 fully saturated rings. The number of nitrogens with zero attached hydrogens (tertiary/aromatic N) is 2. The molecule has 0 aromatic heterocycles. The van der Waals surface area contributed by atoms with Crippen molar-refractivity contribution in [1.29, 1.82) is 0 Å². The third kappa shape index (κ3) is 7.49. The molecule has 33 heavy (non-hydrogen) atoms. The normalized spacial score (nSPS) is 16.5. The van der Waals surface area contributed by atoms with Crippen LogP contribution in [-0.4, -0.2) is 40.2 Å². The molecule has 0 aliphatic carbocycles. The zero-order chi connectivity index (χ0) is 24.0. The zero-order valence-electron chi connectivity index (χ0n) is 20.3. The summed E-state index contributed by atoms with van der Waals surface area (Å²) in [6.07, 6.45) is 4.48. The van der Waals surface area contributed by atoms with Crippen LogP contribution in [0.3, 0.4) is 0 Å². The molecule has 0 bridgehead atoms. The number of carbonyl (C=O) groups excluding carboxylic acids is 1. The van der Waals surface area contributed by atoms with Gasteiger partial charge in [0.25, 0.3) is 0 Å². The number of hydrogen-bond donors (Lipinski definition) is 1. The highest BCUT2D eigenvalue weighted by atomic mass is 32.2. The third-order valence-corrected chi connectivity index (χ3v) is 7.30. The van der Waals surface area contributed by atoms with Gasteiger partial charge in [-0.3, -0.25) is 9.10 Å². The summed E-state index contributed by atoms with van der Waals surface area (Å²) in [4.78, 5) is 14.8. The number of rotatable bonds is 9. The van der Waals surface area contributed by atoms with Crippen LogP contribution in [0.5, 0.6) is 0 Å². The van der Waals surface area contributed by atoms with Gasteiger partial charge in [0.15, 0.2) is 0 Å².